The summed E-state index contributed by atoms with van der Waals surface area (Å²) in [5.74, 6) is -1.37. The first-order valence-electron chi connectivity index (χ1n) is 4.90. The number of aryl methyl sites for hydroxylation is 1. The molecule has 0 aliphatic rings. The van der Waals surface area contributed by atoms with E-state index in [-0.39, 0.29) is 17.2 Å². The quantitative estimate of drug-likeness (QED) is 0.644. The fourth-order valence-corrected chi connectivity index (χ4v) is 1.40. The van der Waals surface area contributed by atoms with Crippen LogP contribution in [0, 0.1) is 17.0 Å². The van der Waals surface area contributed by atoms with Crippen LogP contribution in [0.3, 0.4) is 0 Å². The van der Waals surface area contributed by atoms with Gasteiger partial charge in [0.2, 0.25) is 5.82 Å². The number of carboxylic acid groups (broad SMARTS) is 1. The fourth-order valence-electron chi connectivity index (χ4n) is 1.40. The van der Waals surface area contributed by atoms with Gasteiger partial charge in [0.25, 0.3) is 0 Å². The first-order valence-corrected chi connectivity index (χ1v) is 4.90. The van der Waals surface area contributed by atoms with Gasteiger partial charge >= 0.3 is 11.7 Å². The Morgan fingerprint density at radius 2 is 2.17 bits per heavy atom. The Balaban J connectivity index is 2.64. The van der Waals surface area contributed by atoms with E-state index in [0.29, 0.717) is 5.69 Å². The van der Waals surface area contributed by atoms with E-state index in [1.807, 2.05) is 0 Å². The minimum atomic E-state index is -1.25. The molecule has 0 aromatic carbocycles. The van der Waals surface area contributed by atoms with Crippen molar-refractivity contribution < 1.29 is 14.8 Å². The lowest BCUT2D eigenvalue weighted by molar-refractivity contribution is -0.384. The molecule has 0 saturated carbocycles. The van der Waals surface area contributed by atoms with Gasteiger partial charge in [-0.15, -0.1) is 0 Å². The Labute approximate surface area is 101 Å². The van der Waals surface area contributed by atoms with Crippen molar-refractivity contribution in [3.63, 3.8) is 0 Å². The lowest BCUT2D eigenvalue weighted by Crippen LogP contribution is -2.08. The summed E-state index contributed by atoms with van der Waals surface area (Å²) in [7, 11) is 0. The Morgan fingerprint density at radius 1 is 1.44 bits per heavy atom. The largest absolute Gasteiger partial charge is 0.477 e. The maximum absolute atomic E-state index is 10.9. The van der Waals surface area contributed by atoms with E-state index in [9.17, 15) is 14.9 Å². The number of carboxylic acids is 1. The van der Waals surface area contributed by atoms with Gasteiger partial charge in [0.05, 0.1) is 10.6 Å². The fraction of sp³-hybridized carbons (Fsp3) is 0.100. The van der Waals surface area contributed by atoms with E-state index in [2.05, 4.69) is 10.1 Å². The summed E-state index contributed by atoms with van der Waals surface area (Å²) in [6.45, 7) is 1.71. The lowest BCUT2D eigenvalue weighted by atomic mass is 10.3. The highest BCUT2D eigenvalue weighted by atomic mass is 16.6. The summed E-state index contributed by atoms with van der Waals surface area (Å²) in [6.07, 6.45) is 1.48. The first kappa shape index (κ1) is 11.7. The normalized spacial score (nSPS) is 10.3. The van der Waals surface area contributed by atoms with Crippen molar-refractivity contribution >= 4 is 11.7 Å². The SMILES string of the molecule is Cc1ccn(-c2nc(C(=O)O)ccc2[N+](=O)[O-])n1. The van der Waals surface area contributed by atoms with E-state index in [4.69, 9.17) is 5.11 Å². The number of carbonyl (C=O) groups is 1. The smallest absolute Gasteiger partial charge is 0.354 e. The number of hydrogen-bond donors (Lipinski definition) is 1. The van der Waals surface area contributed by atoms with Crippen LogP contribution in [0.4, 0.5) is 5.69 Å². The molecule has 0 amide bonds. The zero-order chi connectivity index (χ0) is 13.3. The van der Waals surface area contributed by atoms with Gasteiger partial charge in [-0.1, -0.05) is 0 Å². The Bertz CT molecular complexity index is 635. The van der Waals surface area contributed by atoms with Gasteiger partial charge in [-0.2, -0.15) is 5.10 Å². The van der Waals surface area contributed by atoms with Gasteiger partial charge in [0, 0.05) is 12.3 Å². The number of nitrogens with zero attached hydrogens (tertiary/aromatic N) is 4. The second-order valence-electron chi connectivity index (χ2n) is 3.50. The van der Waals surface area contributed by atoms with Gasteiger partial charge in [-0.25, -0.2) is 14.5 Å². The second kappa shape index (κ2) is 4.24. The molecule has 0 radical (unpaired) electrons. The van der Waals surface area contributed by atoms with E-state index >= 15 is 0 Å². The summed E-state index contributed by atoms with van der Waals surface area (Å²) in [5.41, 5.74) is 0.0682. The third-order valence-electron chi connectivity index (χ3n) is 2.21. The van der Waals surface area contributed by atoms with Crippen molar-refractivity contribution in [2.75, 3.05) is 0 Å². The van der Waals surface area contributed by atoms with Crippen LogP contribution in [0.25, 0.3) is 5.82 Å². The lowest BCUT2D eigenvalue weighted by Gasteiger charge is -2.03. The highest BCUT2D eigenvalue weighted by Gasteiger charge is 2.20. The molecule has 92 valence electrons. The van der Waals surface area contributed by atoms with Crippen LogP contribution < -0.4 is 0 Å². The van der Waals surface area contributed by atoms with Crippen LogP contribution in [0.1, 0.15) is 16.2 Å². The summed E-state index contributed by atoms with van der Waals surface area (Å²) in [4.78, 5) is 24.8. The summed E-state index contributed by atoms with van der Waals surface area (Å²) < 4.78 is 1.18. The average Bonchev–Trinajstić information content (AvgIpc) is 2.74. The van der Waals surface area contributed by atoms with Gasteiger partial charge in [-0.05, 0) is 19.1 Å². The number of rotatable bonds is 3. The third kappa shape index (κ3) is 2.03. The molecule has 0 spiro atoms. The van der Waals surface area contributed by atoms with Crippen LogP contribution in [-0.2, 0) is 0 Å². The zero-order valence-corrected chi connectivity index (χ0v) is 9.27. The van der Waals surface area contributed by atoms with Crippen molar-refractivity contribution in [1.82, 2.24) is 14.8 Å². The van der Waals surface area contributed by atoms with Crippen LogP contribution in [-0.4, -0.2) is 30.8 Å². The standard InChI is InChI=1S/C10H8N4O4/c1-6-4-5-13(12-6)9-8(14(17)18)3-2-7(11-9)10(15)16/h2-5H,1H3,(H,15,16). The molecule has 0 bridgehead atoms. The second-order valence-corrected chi connectivity index (χ2v) is 3.50. The van der Waals surface area contributed by atoms with Gasteiger partial charge in [0.15, 0.2) is 5.69 Å². The molecule has 0 fully saturated rings. The molecule has 1 N–H and O–H groups in total. The van der Waals surface area contributed by atoms with Crippen molar-refractivity contribution in [3.05, 3.63) is 45.9 Å². The van der Waals surface area contributed by atoms with Crippen LogP contribution in [0.15, 0.2) is 24.4 Å². The minimum absolute atomic E-state index is 0.118. The molecule has 0 unspecified atom stereocenters. The molecule has 0 atom stereocenters. The molecule has 18 heavy (non-hydrogen) atoms. The number of nitro groups is 1. The van der Waals surface area contributed by atoms with Crippen LogP contribution >= 0.6 is 0 Å². The number of pyridine rings is 1. The first-order chi connectivity index (χ1) is 8.49. The highest BCUT2D eigenvalue weighted by molar-refractivity contribution is 5.86. The maximum Gasteiger partial charge on any atom is 0.354 e. The van der Waals surface area contributed by atoms with E-state index in [0.717, 1.165) is 12.1 Å². The monoisotopic (exact) mass is 248 g/mol. The Hall–Kier alpha value is -2.77. The predicted octanol–water partition coefficient (Wildman–Crippen LogP) is 1.18. The van der Waals surface area contributed by atoms with Gasteiger partial charge in [0.1, 0.15) is 0 Å². The van der Waals surface area contributed by atoms with E-state index in [1.165, 1.54) is 10.9 Å². The molecule has 2 aromatic rings. The molecule has 8 nitrogen and oxygen atoms in total. The number of hydrogen-bond acceptors (Lipinski definition) is 5. The molecule has 0 aliphatic heterocycles. The molecule has 0 saturated heterocycles. The van der Waals surface area contributed by atoms with Gasteiger partial charge < -0.3 is 5.11 Å². The van der Waals surface area contributed by atoms with Crippen molar-refractivity contribution in [1.29, 1.82) is 0 Å². The van der Waals surface area contributed by atoms with Gasteiger partial charge in [-0.3, -0.25) is 10.1 Å². The Morgan fingerprint density at radius 3 is 2.67 bits per heavy atom. The molecular formula is C10H8N4O4. The molecule has 2 aromatic heterocycles. The van der Waals surface area contributed by atoms with Crippen LogP contribution in [0.2, 0.25) is 0 Å². The maximum atomic E-state index is 10.9. The molecule has 2 heterocycles. The molecular weight excluding hydrogens is 240 g/mol. The van der Waals surface area contributed by atoms with E-state index < -0.39 is 10.9 Å². The summed E-state index contributed by atoms with van der Waals surface area (Å²) in [5, 5.41) is 23.7. The topological polar surface area (TPSA) is 111 Å². The summed E-state index contributed by atoms with van der Waals surface area (Å²) >= 11 is 0. The van der Waals surface area contributed by atoms with E-state index in [1.54, 1.807) is 13.0 Å². The number of aromatic carboxylic acids is 1. The highest BCUT2D eigenvalue weighted by Crippen LogP contribution is 2.20. The van der Waals surface area contributed by atoms with Crippen molar-refractivity contribution in [2.45, 2.75) is 6.92 Å². The third-order valence-corrected chi connectivity index (χ3v) is 2.21. The molecule has 0 aliphatic carbocycles. The molecule has 2 rings (SSSR count). The molecule has 8 heteroatoms. The predicted molar refractivity (Wildman–Crippen MR) is 59.7 cm³/mol. The van der Waals surface area contributed by atoms with Crippen LogP contribution in [0.5, 0.6) is 0 Å². The average molecular weight is 248 g/mol. The van der Waals surface area contributed by atoms with Crippen molar-refractivity contribution in [3.8, 4) is 5.82 Å². The van der Waals surface area contributed by atoms with Crippen molar-refractivity contribution in [2.24, 2.45) is 0 Å². The Kier molecular flexibility index (Phi) is 2.76. The minimum Gasteiger partial charge on any atom is -0.477 e. The zero-order valence-electron chi connectivity index (χ0n) is 9.27. The number of aromatic nitrogens is 3. The summed E-state index contributed by atoms with van der Waals surface area (Å²) in [6, 6.07) is 3.82.